The Bertz CT molecular complexity index is 963. The quantitative estimate of drug-likeness (QED) is 0.667. The van der Waals surface area contributed by atoms with Crippen LogP contribution >= 0.6 is 0 Å². The summed E-state index contributed by atoms with van der Waals surface area (Å²) in [7, 11) is 0. The van der Waals surface area contributed by atoms with Crippen LogP contribution in [0, 0.1) is 5.82 Å². The van der Waals surface area contributed by atoms with Crippen molar-refractivity contribution in [1.82, 2.24) is 4.98 Å². The zero-order valence-corrected chi connectivity index (χ0v) is 13.6. The van der Waals surface area contributed by atoms with Crippen molar-refractivity contribution in [3.05, 3.63) is 71.7 Å². The van der Waals surface area contributed by atoms with Crippen molar-refractivity contribution in [3.8, 4) is 5.75 Å². The summed E-state index contributed by atoms with van der Waals surface area (Å²) in [5, 5.41) is 1.03. The summed E-state index contributed by atoms with van der Waals surface area (Å²) in [5.41, 5.74) is 2.60. The van der Waals surface area contributed by atoms with Gasteiger partial charge in [-0.2, -0.15) is 0 Å². The Kier molecular flexibility index (Phi) is 3.34. The fourth-order valence-corrected chi connectivity index (χ4v) is 2.91. The lowest BCUT2D eigenvalue weighted by atomic mass is 10.0. The molecular formula is C20H17FN2O. The summed E-state index contributed by atoms with van der Waals surface area (Å²) < 4.78 is 20.2. The number of aromatic nitrogens is 1. The van der Waals surface area contributed by atoms with Crippen LogP contribution in [0.4, 0.5) is 4.39 Å². The minimum Gasteiger partial charge on any atom is -0.482 e. The molecular weight excluding hydrogens is 303 g/mol. The van der Waals surface area contributed by atoms with Gasteiger partial charge in [0.05, 0.1) is 17.8 Å². The monoisotopic (exact) mass is 320 g/mol. The number of benzene rings is 2. The number of ether oxygens (including phenoxy) is 1. The summed E-state index contributed by atoms with van der Waals surface area (Å²) in [6, 6.07) is 14.9. The van der Waals surface area contributed by atoms with Crippen LogP contribution in [-0.4, -0.2) is 22.8 Å². The molecule has 1 aliphatic rings. The average molecular weight is 320 g/mol. The molecule has 4 rings (SSSR count). The van der Waals surface area contributed by atoms with Gasteiger partial charge in [-0.15, -0.1) is 0 Å². The van der Waals surface area contributed by atoms with E-state index in [4.69, 9.17) is 9.73 Å². The van der Waals surface area contributed by atoms with Crippen molar-refractivity contribution >= 4 is 16.6 Å². The van der Waals surface area contributed by atoms with E-state index in [1.54, 1.807) is 12.3 Å². The predicted octanol–water partition coefficient (Wildman–Crippen LogP) is 4.38. The topological polar surface area (TPSA) is 34.5 Å². The molecule has 0 unspecified atom stereocenters. The SMILES string of the molecule is CC1(C)CN=C(c2cnc3ccccc3c2)c2cccc(F)c2O1. The first-order valence-corrected chi connectivity index (χ1v) is 7.91. The summed E-state index contributed by atoms with van der Waals surface area (Å²) in [4.78, 5) is 9.22. The Morgan fingerprint density at radius 2 is 1.92 bits per heavy atom. The molecule has 1 aliphatic heterocycles. The Morgan fingerprint density at radius 1 is 1.08 bits per heavy atom. The second-order valence-electron chi connectivity index (χ2n) is 6.56. The number of hydrogen-bond donors (Lipinski definition) is 0. The molecule has 0 saturated carbocycles. The first-order chi connectivity index (χ1) is 11.5. The van der Waals surface area contributed by atoms with Crippen LogP contribution in [0.3, 0.4) is 0 Å². The molecule has 0 bridgehead atoms. The Hall–Kier alpha value is -2.75. The summed E-state index contributed by atoms with van der Waals surface area (Å²) in [6.07, 6.45) is 1.79. The zero-order valence-electron chi connectivity index (χ0n) is 13.6. The van der Waals surface area contributed by atoms with Crippen molar-refractivity contribution in [2.45, 2.75) is 19.4 Å². The van der Waals surface area contributed by atoms with Gasteiger partial charge < -0.3 is 4.74 Å². The molecule has 0 fully saturated rings. The highest BCUT2D eigenvalue weighted by molar-refractivity contribution is 6.15. The number of aliphatic imine (C=N–C) groups is 1. The van der Waals surface area contributed by atoms with Gasteiger partial charge in [0.2, 0.25) is 0 Å². The maximum atomic E-state index is 14.3. The van der Waals surface area contributed by atoms with E-state index in [1.165, 1.54) is 6.07 Å². The molecule has 4 heteroatoms. The van der Waals surface area contributed by atoms with Gasteiger partial charge in [-0.1, -0.05) is 24.3 Å². The minimum atomic E-state index is -0.566. The van der Waals surface area contributed by atoms with E-state index < -0.39 is 5.60 Å². The number of halogens is 1. The van der Waals surface area contributed by atoms with Gasteiger partial charge in [-0.05, 0) is 38.1 Å². The van der Waals surface area contributed by atoms with E-state index >= 15 is 0 Å². The molecule has 0 N–H and O–H groups in total. The van der Waals surface area contributed by atoms with Crippen molar-refractivity contribution in [2.24, 2.45) is 4.99 Å². The standard InChI is InChI=1S/C20H17FN2O/c1-20(2)12-23-18(15-7-5-8-16(21)19(15)24-20)14-10-13-6-3-4-9-17(13)22-11-14/h3-11H,12H2,1-2H3. The molecule has 2 heterocycles. The second kappa shape index (κ2) is 5.41. The van der Waals surface area contributed by atoms with Gasteiger partial charge in [0.25, 0.3) is 0 Å². The Morgan fingerprint density at radius 3 is 2.79 bits per heavy atom. The van der Waals surface area contributed by atoms with Crippen molar-refractivity contribution in [3.63, 3.8) is 0 Å². The van der Waals surface area contributed by atoms with Crippen LogP contribution in [0.1, 0.15) is 25.0 Å². The van der Waals surface area contributed by atoms with Gasteiger partial charge >= 0.3 is 0 Å². The Balaban J connectivity index is 1.93. The average Bonchev–Trinajstić information content (AvgIpc) is 2.71. The van der Waals surface area contributed by atoms with E-state index in [-0.39, 0.29) is 11.6 Å². The third kappa shape index (κ3) is 2.54. The zero-order chi connectivity index (χ0) is 16.7. The number of hydrogen-bond acceptors (Lipinski definition) is 3. The third-order valence-electron chi connectivity index (χ3n) is 4.08. The highest BCUT2D eigenvalue weighted by atomic mass is 19.1. The number of rotatable bonds is 1. The molecule has 0 amide bonds. The first kappa shape index (κ1) is 14.8. The fraction of sp³-hybridized carbons (Fsp3) is 0.200. The van der Waals surface area contributed by atoms with Crippen LogP contribution in [0.5, 0.6) is 5.75 Å². The highest BCUT2D eigenvalue weighted by Gasteiger charge is 2.28. The lowest BCUT2D eigenvalue weighted by molar-refractivity contribution is 0.115. The van der Waals surface area contributed by atoms with E-state index in [1.807, 2.05) is 50.2 Å². The van der Waals surface area contributed by atoms with Gasteiger partial charge in [0.1, 0.15) is 5.60 Å². The molecule has 0 aliphatic carbocycles. The number of para-hydroxylation sites is 2. The molecule has 1 aromatic heterocycles. The lowest BCUT2D eigenvalue weighted by Crippen LogP contribution is -2.31. The van der Waals surface area contributed by atoms with Gasteiger partial charge in [-0.25, -0.2) is 4.39 Å². The smallest absolute Gasteiger partial charge is 0.165 e. The molecule has 24 heavy (non-hydrogen) atoms. The Labute approximate surface area is 139 Å². The number of fused-ring (bicyclic) bond motifs is 2. The molecule has 0 saturated heterocycles. The molecule has 120 valence electrons. The van der Waals surface area contributed by atoms with Crippen LogP contribution < -0.4 is 4.74 Å². The van der Waals surface area contributed by atoms with Crippen molar-refractivity contribution in [1.29, 1.82) is 0 Å². The van der Waals surface area contributed by atoms with E-state index in [0.717, 1.165) is 16.5 Å². The highest BCUT2D eigenvalue weighted by Crippen LogP contribution is 2.32. The van der Waals surface area contributed by atoms with Gasteiger partial charge in [0, 0.05) is 22.7 Å². The van der Waals surface area contributed by atoms with Crippen LogP contribution in [0.25, 0.3) is 10.9 Å². The third-order valence-corrected chi connectivity index (χ3v) is 4.08. The van der Waals surface area contributed by atoms with E-state index in [9.17, 15) is 4.39 Å². The lowest BCUT2D eigenvalue weighted by Gasteiger charge is -2.23. The molecule has 0 atom stereocenters. The maximum Gasteiger partial charge on any atom is 0.165 e. The predicted molar refractivity (Wildman–Crippen MR) is 93.4 cm³/mol. The molecule has 3 aromatic rings. The normalized spacial score (nSPS) is 16.0. The maximum absolute atomic E-state index is 14.3. The number of pyridine rings is 1. The molecule has 0 radical (unpaired) electrons. The molecule has 2 aromatic carbocycles. The van der Waals surface area contributed by atoms with Gasteiger partial charge in [0.15, 0.2) is 11.6 Å². The second-order valence-corrected chi connectivity index (χ2v) is 6.56. The van der Waals surface area contributed by atoms with Crippen LogP contribution in [0.2, 0.25) is 0 Å². The number of nitrogens with zero attached hydrogens (tertiary/aromatic N) is 2. The van der Waals surface area contributed by atoms with Crippen LogP contribution in [0.15, 0.2) is 59.7 Å². The van der Waals surface area contributed by atoms with Gasteiger partial charge in [-0.3, -0.25) is 9.98 Å². The first-order valence-electron chi connectivity index (χ1n) is 7.91. The van der Waals surface area contributed by atoms with E-state index in [0.29, 0.717) is 17.8 Å². The fourth-order valence-electron chi connectivity index (χ4n) is 2.91. The summed E-state index contributed by atoms with van der Waals surface area (Å²) in [6.45, 7) is 4.27. The van der Waals surface area contributed by atoms with Crippen molar-refractivity contribution in [2.75, 3.05) is 6.54 Å². The summed E-state index contributed by atoms with van der Waals surface area (Å²) >= 11 is 0. The largest absolute Gasteiger partial charge is 0.482 e. The molecule has 3 nitrogen and oxygen atoms in total. The van der Waals surface area contributed by atoms with Crippen LogP contribution in [-0.2, 0) is 0 Å². The minimum absolute atomic E-state index is 0.256. The molecule has 0 spiro atoms. The summed E-state index contributed by atoms with van der Waals surface area (Å²) in [5.74, 6) is -0.115. The van der Waals surface area contributed by atoms with Crippen molar-refractivity contribution < 1.29 is 9.13 Å². The van der Waals surface area contributed by atoms with E-state index in [2.05, 4.69) is 4.98 Å².